The van der Waals surface area contributed by atoms with Gasteiger partial charge in [0, 0.05) is 6.04 Å². The molecular weight excluding hydrogens is 292 g/mol. The molecule has 1 heterocycles. The number of carbonyl (C=O) groups is 1. The Kier molecular flexibility index (Phi) is 4.67. The van der Waals surface area contributed by atoms with E-state index in [1.807, 2.05) is 0 Å². The summed E-state index contributed by atoms with van der Waals surface area (Å²) >= 11 is 0. The molecule has 1 aliphatic rings. The van der Waals surface area contributed by atoms with Crippen LogP contribution in [-0.2, 0) is 16.4 Å². The molecule has 1 aliphatic carbocycles. The molecule has 21 heavy (non-hydrogen) atoms. The average Bonchev–Trinajstić information content (AvgIpc) is 2.85. The van der Waals surface area contributed by atoms with E-state index in [0.717, 1.165) is 25.7 Å². The number of nitrogens with zero attached hydrogens (tertiary/aromatic N) is 1. The summed E-state index contributed by atoms with van der Waals surface area (Å²) in [5.41, 5.74) is 0.230. The number of nitrogens with one attached hydrogen (secondary N) is 2. The Balaban J connectivity index is 2.18. The van der Waals surface area contributed by atoms with Crippen molar-refractivity contribution < 1.29 is 13.2 Å². The molecule has 1 amide bonds. The lowest BCUT2D eigenvalue weighted by Gasteiger charge is -2.26. The quantitative estimate of drug-likeness (QED) is 0.766. The molecule has 0 bridgehead atoms. The van der Waals surface area contributed by atoms with Gasteiger partial charge in [0.15, 0.2) is 5.69 Å². The van der Waals surface area contributed by atoms with Gasteiger partial charge in [-0.25, -0.2) is 13.6 Å². The lowest BCUT2D eigenvalue weighted by molar-refractivity contribution is 0.0914. The van der Waals surface area contributed by atoms with Crippen LogP contribution in [-0.4, -0.2) is 30.6 Å². The number of carbonyl (C=O) groups excluding carboxylic acids is 1. The standard InChI is InChI=1S/C13H22N4O3S/c1-3-10-12(21(14,19)20)11(17-16-10)13(18)15-9-6-4-8(2)5-7-9/h8-9H,3-7H2,1-2H3,(H,15,18)(H,16,17)(H2,14,19,20). The van der Waals surface area contributed by atoms with Crippen molar-refractivity contribution in [3.63, 3.8) is 0 Å². The molecule has 8 heteroatoms. The van der Waals surface area contributed by atoms with E-state index in [2.05, 4.69) is 22.4 Å². The lowest BCUT2D eigenvalue weighted by atomic mass is 9.87. The van der Waals surface area contributed by atoms with E-state index in [4.69, 9.17) is 5.14 Å². The van der Waals surface area contributed by atoms with Crippen molar-refractivity contribution in [1.29, 1.82) is 0 Å². The minimum absolute atomic E-state index is 0.0730. The summed E-state index contributed by atoms with van der Waals surface area (Å²) in [6.07, 6.45) is 4.35. The largest absolute Gasteiger partial charge is 0.348 e. The van der Waals surface area contributed by atoms with E-state index >= 15 is 0 Å². The van der Waals surface area contributed by atoms with E-state index in [0.29, 0.717) is 18.0 Å². The Morgan fingerprint density at radius 3 is 2.52 bits per heavy atom. The third-order valence-electron chi connectivity index (χ3n) is 4.00. The molecule has 0 radical (unpaired) electrons. The fourth-order valence-corrected chi connectivity index (χ4v) is 3.67. The van der Waals surface area contributed by atoms with Crippen LogP contribution in [0.25, 0.3) is 0 Å². The normalized spacial score (nSPS) is 23.0. The second-order valence-electron chi connectivity index (χ2n) is 5.71. The number of hydrogen-bond donors (Lipinski definition) is 3. The van der Waals surface area contributed by atoms with Crippen LogP contribution < -0.4 is 10.5 Å². The van der Waals surface area contributed by atoms with Crippen molar-refractivity contribution >= 4 is 15.9 Å². The van der Waals surface area contributed by atoms with Crippen LogP contribution in [0.4, 0.5) is 0 Å². The summed E-state index contributed by atoms with van der Waals surface area (Å²) in [4.78, 5) is 12.1. The first-order valence-corrected chi connectivity index (χ1v) is 8.78. The van der Waals surface area contributed by atoms with Gasteiger partial charge in [0.2, 0.25) is 10.0 Å². The molecule has 1 fully saturated rings. The highest BCUT2D eigenvalue weighted by atomic mass is 32.2. The van der Waals surface area contributed by atoms with Crippen LogP contribution in [0.3, 0.4) is 0 Å². The molecular formula is C13H22N4O3S. The van der Waals surface area contributed by atoms with Crippen LogP contribution in [0.5, 0.6) is 0 Å². The minimum atomic E-state index is -3.98. The van der Waals surface area contributed by atoms with E-state index in [1.165, 1.54) is 0 Å². The molecule has 0 aromatic carbocycles. The highest BCUT2D eigenvalue weighted by Crippen LogP contribution is 2.24. The zero-order valence-corrected chi connectivity index (χ0v) is 13.2. The number of hydrogen-bond acceptors (Lipinski definition) is 4. The van der Waals surface area contributed by atoms with Gasteiger partial charge in [0.25, 0.3) is 5.91 Å². The average molecular weight is 314 g/mol. The molecule has 4 N–H and O–H groups in total. The zero-order valence-electron chi connectivity index (χ0n) is 12.3. The first kappa shape index (κ1) is 16.0. The Hall–Kier alpha value is -1.41. The third-order valence-corrected chi connectivity index (χ3v) is 5.00. The highest BCUT2D eigenvalue weighted by molar-refractivity contribution is 7.89. The van der Waals surface area contributed by atoms with Crippen molar-refractivity contribution in [3.8, 4) is 0 Å². The van der Waals surface area contributed by atoms with Crippen LogP contribution >= 0.6 is 0 Å². The van der Waals surface area contributed by atoms with Crippen molar-refractivity contribution in [2.24, 2.45) is 11.1 Å². The number of primary sulfonamides is 1. The Morgan fingerprint density at radius 2 is 2.00 bits per heavy atom. The number of amides is 1. The highest BCUT2D eigenvalue weighted by Gasteiger charge is 2.28. The number of rotatable bonds is 4. The summed E-state index contributed by atoms with van der Waals surface area (Å²) < 4.78 is 23.3. The number of aryl methyl sites for hydroxylation is 1. The zero-order chi connectivity index (χ0) is 15.6. The molecule has 1 aromatic rings. The Labute approximate surface area is 124 Å². The molecule has 1 saturated carbocycles. The van der Waals surface area contributed by atoms with Crippen LogP contribution in [0.2, 0.25) is 0 Å². The van der Waals surface area contributed by atoms with Crippen LogP contribution in [0, 0.1) is 5.92 Å². The summed E-state index contributed by atoms with van der Waals surface area (Å²) in [6, 6.07) is 0.0730. The monoisotopic (exact) mass is 314 g/mol. The number of aromatic nitrogens is 2. The fraction of sp³-hybridized carbons (Fsp3) is 0.692. The molecule has 118 valence electrons. The van der Waals surface area contributed by atoms with Gasteiger partial charge in [-0.1, -0.05) is 13.8 Å². The number of aromatic amines is 1. The topological polar surface area (TPSA) is 118 Å². The maximum atomic E-state index is 12.3. The maximum absolute atomic E-state index is 12.3. The molecule has 7 nitrogen and oxygen atoms in total. The van der Waals surface area contributed by atoms with Gasteiger partial charge in [-0.05, 0) is 38.0 Å². The van der Waals surface area contributed by atoms with Crippen LogP contribution in [0.15, 0.2) is 4.90 Å². The predicted octanol–water partition coefficient (Wildman–Crippen LogP) is 0.928. The van der Waals surface area contributed by atoms with Gasteiger partial charge in [0.1, 0.15) is 4.90 Å². The number of sulfonamides is 1. The molecule has 0 spiro atoms. The number of H-pyrrole nitrogens is 1. The van der Waals surface area contributed by atoms with Gasteiger partial charge in [-0.2, -0.15) is 5.10 Å². The molecule has 0 unspecified atom stereocenters. The molecule has 1 aromatic heterocycles. The molecule has 0 atom stereocenters. The summed E-state index contributed by atoms with van der Waals surface area (Å²) in [5.74, 6) is 0.199. The van der Waals surface area contributed by atoms with Gasteiger partial charge >= 0.3 is 0 Å². The van der Waals surface area contributed by atoms with E-state index in [-0.39, 0.29) is 16.6 Å². The second-order valence-corrected chi connectivity index (χ2v) is 7.21. The van der Waals surface area contributed by atoms with E-state index in [9.17, 15) is 13.2 Å². The SMILES string of the molecule is CCc1[nH]nc(C(=O)NC2CCC(C)CC2)c1S(N)(=O)=O. The Morgan fingerprint density at radius 1 is 1.38 bits per heavy atom. The van der Waals surface area contributed by atoms with E-state index < -0.39 is 15.9 Å². The summed E-state index contributed by atoms with van der Waals surface area (Å²) in [7, 11) is -3.98. The smallest absolute Gasteiger partial charge is 0.273 e. The Bertz CT molecular complexity index is 615. The lowest BCUT2D eigenvalue weighted by Crippen LogP contribution is -2.38. The van der Waals surface area contributed by atoms with Crippen molar-refractivity contribution in [3.05, 3.63) is 11.4 Å². The van der Waals surface area contributed by atoms with Gasteiger partial charge in [-0.15, -0.1) is 0 Å². The summed E-state index contributed by atoms with van der Waals surface area (Å²) in [5, 5.41) is 14.5. The maximum Gasteiger partial charge on any atom is 0.273 e. The van der Waals surface area contributed by atoms with Crippen LogP contribution in [0.1, 0.15) is 55.7 Å². The predicted molar refractivity (Wildman–Crippen MR) is 78.2 cm³/mol. The molecule has 0 saturated heterocycles. The third kappa shape index (κ3) is 3.62. The second kappa shape index (κ2) is 6.15. The van der Waals surface area contributed by atoms with Gasteiger partial charge in [0.05, 0.1) is 5.69 Å². The molecule has 2 rings (SSSR count). The first-order valence-electron chi connectivity index (χ1n) is 7.23. The fourth-order valence-electron chi connectivity index (χ4n) is 2.73. The first-order chi connectivity index (χ1) is 9.82. The van der Waals surface area contributed by atoms with Crippen molar-refractivity contribution in [2.75, 3.05) is 0 Å². The van der Waals surface area contributed by atoms with E-state index in [1.54, 1.807) is 6.92 Å². The number of nitrogens with two attached hydrogens (primary N) is 1. The van der Waals surface area contributed by atoms with Crippen molar-refractivity contribution in [1.82, 2.24) is 15.5 Å². The minimum Gasteiger partial charge on any atom is -0.348 e. The van der Waals surface area contributed by atoms with Crippen molar-refractivity contribution in [2.45, 2.75) is 56.9 Å². The van der Waals surface area contributed by atoms with Gasteiger partial charge < -0.3 is 5.32 Å². The van der Waals surface area contributed by atoms with Gasteiger partial charge in [-0.3, -0.25) is 9.89 Å². The summed E-state index contributed by atoms with van der Waals surface area (Å²) in [6.45, 7) is 3.96. The molecule has 0 aliphatic heterocycles.